The minimum absolute atomic E-state index is 0.0255. The molecule has 1 heterocycles. The molecule has 2 unspecified atom stereocenters. The van der Waals surface area contributed by atoms with E-state index in [4.69, 9.17) is 4.74 Å². The van der Waals surface area contributed by atoms with Crippen molar-refractivity contribution in [1.82, 2.24) is 4.90 Å². The Kier molecular flexibility index (Phi) is 6.05. The van der Waals surface area contributed by atoms with Gasteiger partial charge >= 0.3 is 12.1 Å². The first-order valence-electron chi connectivity index (χ1n) is 9.75. The fourth-order valence-corrected chi connectivity index (χ4v) is 3.77. The number of aliphatic carboxylic acids is 1. The van der Waals surface area contributed by atoms with E-state index in [9.17, 15) is 24.8 Å². The summed E-state index contributed by atoms with van der Waals surface area (Å²) >= 11 is 0. The van der Waals surface area contributed by atoms with Gasteiger partial charge in [-0.05, 0) is 43.0 Å². The molecule has 30 heavy (non-hydrogen) atoms. The molecule has 3 rings (SSSR count). The lowest BCUT2D eigenvalue weighted by Gasteiger charge is -2.41. The van der Waals surface area contributed by atoms with Crippen molar-refractivity contribution in [3.63, 3.8) is 0 Å². The van der Waals surface area contributed by atoms with Crippen LogP contribution in [0.25, 0.3) is 0 Å². The zero-order valence-corrected chi connectivity index (χ0v) is 16.9. The predicted octanol–water partition coefficient (Wildman–Crippen LogP) is 4.24. The van der Waals surface area contributed by atoms with E-state index in [-0.39, 0.29) is 23.9 Å². The van der Waals surface area contributed by atoms with E-state index < -0.39 is 22.4 Å². The fourth-order valence-electron chi connectivity index (χ4n) is 3.77. The highest BCUT2D eigenvalue weighted by Gasteiger charge is 2.44. The molecule has 1 aliphatic rings. The number of non-ortho nitro benzene ring substituents is 1. The number of piperidine rings is 1. The van der Waals surface area contributed by atoms with Gasteiger partial charge in [-0.3, -0.25) is 14.9 Å². The number of nitrogens with zero attached hydrogens (tertiary/aromatic N) is 2. The molecule has 0 bridgehead atoms. The van der Waals surface area contributed by atoms with E-state index in [0.29, 0.717) is 13.0 Å². The van der Waals surface area contributed by atoms with Crippen LogP contribution in [0.4, 0.5) is 10.5 Å². The average molecular weight is 412 g/mol. The van der Waals surface area contributed by atoms with Crippen LogP contribution >= 0.6 is 0 Å². The minimum Gasteiger partial charge on any atom is -0.481 e. The number of rotatable bonds is 5. The van der Waals surface area contributed by atoms with Crippen molar-refractivity contribution in [1.29, 1.82) is 0 Å². The zero-order chi connectivity index (χ0) is 21.9. The van der Waals surface area contributed by atoms with Crippen LogP contribution in [-0.4, -0.2) is 40.1 Å². The summed E-state index contributed by atoms with van der Waals surface area (Å²) in [7, 11) is 0. The number of carboxylic acid groups (broad SMARTS) is 1. The monoisotopic (exact) mass is 412 g/mol. The lowest BCUT2D eigenvalue weighted by molar-refractivity contribution is -0.384. The van der Waals surface area contributed by atoms with Crippen molar-refractivity contribution >= 4 is 17.7 Å². The zero-order valence-electron chi connectivity index (χ0n) is 16.9. The van der Waals surface area contributed by atoms with Gasteiger partial charge in [0.1, 0.15) is 5.75 Å². The largest absolute Gasteiger partial charge is 0.481 e. The lowest BCUT2D eigenvalue weighted by atomic mass is 9.74. The Labute approximate surface area is 174 Å². The van der Waals surface area contributed by atoms with E-state index in [2.05, 4.69) is 6.92 Å². The Morgan fingerprint density at radius 3 is 2.37 bits per heavy atom. The molecule has 0 radical (unpaired) electrons. The molecule has 2 atom stereocenters. The minimum atomic E-state index is -1.11. The highest BCUT2D eigenvalue weighted by molar-refractivity contribution is 5.77. The van der Waals surface area contributed by atoms with Crippen LogP contribution in [0.15, 0.2) is 48.5 Å². The van der Waals surface area contributed by atoms with Crippen LogP contribution in [-0.2, 0) is 11.2 Å². The maximum Gasteiger partial charge on any atom is 0.415 e. The molecular weight excluding hydrogens is 388 g/mol. The van der Waals surface area contributed by atoms with Gasteiger partial charge in [-0.2, -0.15) is 0 Å². The summed E-state index contributed by atoms with van der Waals surface area (Å²) in [5.41, 5.74) is 0.945. The number of carbonyl (C=O) groups excluding carboxylic acids is 1. The maximum absolute atomic E-state index is 12.8. The van der Waals surface area contributed by atoms with Crippen molar-refractivity contribution in [2.45, 2.75) is 32.6 Å². The number of nitro groups is 1. The molecule has 0 aromatic heterocycles. The van der Waals surface area contributed by atoms with Crippen molar-refractivity contribution in [3.05, 3.63) is 69.8 Å². The summed E-state index contributed by atoms with van der Waals surface area (Å²) in [5, 5.41) is 20.5. The quantitative estimate of drug-likeness (QED) is 0.581. The molecule has 2 aromatic carbocycles. The van der Waals surface area contributed by atoms with E-state index >= 15 is 0 Å². The Balaban J connectivity index is 1.80. The number of hydrogen-bond acceptors (Lipinski definition) is 5. The lowest BCUT2D eigenvalue weighted by Crippen LogP contribution is -2.51. The highest BCUT2D eigenvalue weighted by atomic mass is 16.6. The second-order valence-electron chi connectivity index (χ2n) is 7.86. The topological polar surface area (TPSA) is 110 Å². The number of carboxylic acids is 1. The summed E-state index contributed by atoms with van der Waals surface area (Å²) < 4.78 is 5.35. The Morgan fingerprint density at radius 1 is 1.20 bits per heavy atom. The maximum atomic E-state index is 12.8. The van der Waals surface area contributed by atoms with Gasteiger partial charge in [-0.15, -0.1) is 0 Å². The number of amides is 1. The molecule has 1 aliphatic heterocycles. The fraction of sp³-hybridized carbons (Fsp3) is 0.364. The van der Waals surface area contributed by atoms with Gasteiger partial charge in [-0.25, -0.2) is 4.79 Å². The van der Waals surface area contributed by atoms with Gasteiger partial charge < -0.3 is 14.7 Å². The smallest absolute Gasteiger partial charge is 0.415 e. The molecule has 0 spiro atoms. The first kappa shape index (κ1) is 21.3. The first-order chi connectivity index (χ1) is 14.2. The second kappa shape index (κ2) is 8.52. The van der Waals surface area contributed by atoms with Crippen molar-refractivity contribution in [2.24, 2.45) is 5.41 Å². The molecule has 8 nitrogen and oxygen atoms in total. The van der Waals surface area contributed by atoms with Crippen LogP contribution in [0, 0.1) is 15.5 Å². The third-order valence-corrected chi connectivity index (χ3v) is 5.56. The van der Waals surface area contributed by atoms with Crippen LogP contribution in [0.3, 0.4) is 0 Å². The summed E-state index contributed by atoms with van der Waals surface area (Å²) in [6.07, 6.45) is 0.645. The number of nitro benzene ring substituents is 1. The third kappa shape index (κ3) is 4.59. The van der Waals surface area contributed by atoms with Crippen LogP contribution < -0.4 is 4.74 Å². The van der Waals surface area contributed by atoms with E-state index in [0.717, 1.165) is 12.0 Å². The number of aryl methyl sites for hydroxylation is 1. The Morgan fingerprint density at radius 2 is 1.83 bits per heavy atom. The van der Waals surface area contributed by atoms with Gasteiger partial charge in [0.2, 0.25) is 0 Å². The molecule has 1 amide bonds. The van der Waals surface area contributed by atoms with Gasteiger partial charge in [0.25, 0.3) is 5.69 Å². The number of carbonyl (C=O) groups is 2. The van der Waals surface area contributed by atoms with E-state index in [1.54, 1.807) is 6.92 Å². The average Bonchev–Trinajstić information content (AvgIpc) is 2.73. The molecular formula is C22H24N2O6. The van der Waals surface area contributed by atoms with Gasteiger partial charge in [-0.1, -0.05) is 31.2 Å². The van der Waals surface area contributed by atoms with Crippen LogP contribution in [0.2, 0.25) is 0 Å². The molecule has 158 valence electrons. The van der Waals surface area contributed by atoms with Crippen molar-refractivity contribution < 1.29 is 24.4 Å². The van der Waals surface area contributed by atoms with Crippen LogP contribution in [0.1, 0.15) is 37.3 Å². The molecule has 0 saturated carbocycles. The van der Waals surface area contributed by atoms with Crippen molar-refractivity contribution in [3.8, 4) is 5.75 Å². The Hall–Kier alpha value is -3.42. The molecule has 2 aromatic rings. The molecule has 1 saturated heterocycles. The van der Waals surface area contributed by atoms with Crippen molar-refractivity contribution in [2.75, 3.05) is 13.1 Å². The number of likely N-dealkylation sites (tertiary alicyclic amines) is 1. The molecule has 1 fully saturated rings. The van der Waals surface area contributed by atoms with E-state index in [1.165, 1.54) is 34.7 Å². The summed E-state index contributed by atoms with van der Waals surface area (Å²) in [5.74, 6) is -0.947. The highest BCUT2D eigenvalue weighted by Crippen LogP contribution is 2.39. The molecule has 1 N–H and O–H groups in total. The summed E-state index contributed by atoms with van der Waals surface area (Å²) in [6.45, 7) is 4.05. The molecule has 0 aliphatic carbocycles. The third-order valence-electron chi connectivity index (χ3n) is 5.56. The van der Waals surface area contributed by atoms with Gasteiger partial charge in [0, 0.05) is 31.1 Å². The second-order valence-corrected chi connectivity index (χ2v) is 7.86. The predicted molar refractivity (Wildman–Crippen MR) is 110 cm³/mol. The van der Waals surface area contributed by atoms with Gasteiger partial charge in [0.15, 0.2) is 0 Å². The normalized spacial score (nSPS) is 21.1. The number of ether oxygens (including phenoxy) is 1. The van der Waals surface area contributed by atoms with Crippen LogP contribution in [0.5, 0.6) is 5.75 Å². The number of hydrogen-bond donors (Lipinski definition) is 1. The van der Waals surface area contributed by atoms with E-state index in [1.807, 2.05) is 24.3 Å². The Bertz CT molecular complexity index is 941. The summed E-state index contributed by atoms with van der Waals surface area (Å²) in [6, 6.07) is 13.2. The van der Waals surface area contributed by atoms with Gasteiger partial charge in [0.05, 0.1) is 10.3 Å². The SMILES string of the molecule is CCc1ccc(C2CN(C(=O)Oc3ccc([N+](=O)[O-])cc3)CC(C)(C(=O)O)C2)cc1. The first-order valence-corrected chi connectivity index (χ1v) is 9.75. The standard InChI is InChI=1S/C22H24N2O6/c1-3-15-4-6-16(7-5-15)17-12-22(2,20(25)26)14-23(13-17)21(27)30-19-10-8-18(9-11-19)24(28)29/h4-11,17H,3,12-14H2,1-2H3,(H,25,26). The number of benzene rings is 2. The molecule has 8 heteroatoms. The summed E-state index contributed by atoms with van der Waals surface area (Å²) in [4.78, 5) is 36.3.